The number of amides is 4. The van der Waals surface area contributed by atoms with E-state index in [0.29, 0.717) is 57.3 Å². The largest absolute Gasteiger partial charge is 0.369 e. The highest BCUT2D eigenvalue weighted by molar-refractivity contribution is 7.80. The maximum atomic E-state index is 12.1. The third-order valence-corrected chi connectivity index (χ3v) is 6.87. The average Bonchev–Trinajstić information content (AvgIpc) is 2.86. The standard InChI is InChI=1S/C25H42N10O4S/c1-30-25(40)31-19-4-2-18(3-5-19)12-20-13-34(16-23(28)38)9-8-32(14-21(26)36)6-7-33(15-22(27)37)10-11-35(20)17-24(29)39/h2-5,20H,6-17H2,1H3,(H2,26,36)(H2,27,37)(H2,28,38)(H2,29,39)(H2,30,31,40). The number of nitrogens with zero attached hydrogens (tertiary/aromatic N) is 4. The van der Waals surface area contributed by atoms with Crippen LogP contribution >= 0.6 is 12.2 Å². The minimum absolute atomic E-state index is 0.00342. The fourth-order valence-electron chi connectivity index (χ4n) is 4.66. The summed E-state index contributed by atoms with van der Waals surface area (Å²) in [5.74, 6) is -1.94. The first-order chi connectivity index (χ1) is 18.9. The molecule has 40 heavy (non-hydrogen) atoms. The van der Waals surface area contributed by atoms with Gasteiger partial charge in [0.15, 0.2) is 5.11 Å². The van der Waals surface area contributed by atoms with Crippen LogP contribution in [0.25, 0.3) is 0 Å². The Balaban J connectivity index is 2.38. The molecule has 1 aliphatic rings. The van der Waals surface area contributed by atoms with Crippen LogP contribution in [0.1, 0.15) is 5.56 Å². The second-order valence-corrected chi connectivity index (χ2v) is 10.3. The molecule has 1 aromatic carbocycles. The molecule has 2 rings (SSSR count). The maximum Gasteiger partial charge on any atom is 0.231 e. The Hall–Kier alpha value is -3.37. The van der Waals surface area contributed by atoms with Gasteiger partial charge in [0.05, 0.1) is 26.2 Å². The quantitative estimate of drug-likeness (QED) is 0.143. The van der Waals surface area contributed by atoms with Crippen LogP contribution < -0.4 is 33.6 Å². The molecule has 1 atom stereocenters. The molecule has 1 heterocycles. The Kier molecular flexibility index (Phi) is 13.7. The van der Waals surface area contributed by atoms with E-state index >= 15 is 0 Å². The summed E-state index contributed by atoms with van der Waals surface area (Å²) in [5.41, 5.74) is 24.0. The number of hydrogen-bond acceptors (Lipinski definition) is 9. The van der Waals surface area contributed by atoms with Gasteiger partial charge in [0.2, 0.25) is 23.6 Å². The van der Waals surface area contributed by atoms with Gasteiger partial charge in [-0.1, -0.05) is 12.1 Å². The summed E-state index contributed by atoms with van der Waals surface area (Å²) in [4.78, 5) is 55.2. The van der Waals surface area contributed by atoms with E-state index in [4.69, 9.17) is 35.2 Å². The van der Waals surface area contributed by atoms with Crippen molar-refractivity contribution in [2.24, 2.45) is 22.9 Å². The Morgan fingerprint density at radius 3 is 1.68 bits per heavy atom. The number of primary amides is 4. The fourth-order valence-corrected chi connectivity index (χ4v) is 4.78. The molecule has 0 aromatic heterocycles. The molecular formula is C25H42N10O4S. The number of rotatable bonds is 11. The zero-order valence-electron chi connectivity index (χ0n) is 23.0. The van der Waals surface area contributed by atoms with Gasteiger partial charge in [-0.25, -0.2) is 0 Å². The summed E-state index contributed by atoms with van der Waals surface area (Å²) in [5, 5.41) is 6.44. The molecule has 222 valence electrons. The molecule has 1 aromatic rings. The molecular weight excluding hydrogens is 536 g/mol. The van der Waals surface area contributed by atoms with Gasteiger partial charge in [0.1, 0.15) is 0 Å². The maximum absolute atomic E-state index is 12.1. The van der Waals surface area contributed by atoms with Crippen molar-refractivity contribution in [3.05, 3.63) is 29.8 Å². The van der Waals surface area contributed by atoms with Crippen molar-refractivity contribution in [1.82, 2.24) is 24.9 Å². The van der Waals surface area contributed by atoms with Crippen molar-refractivity contribution in [3.63, 3.8) is 0 Å². The molecule has 14 nitrogen and oxygen atoms in total. The van der Waals surface area contributed by atoms with Gasteiger partial charge in [-0.2, -0.15) is 0 Å². The van der Waals surface area contributed by atoms with Crippen LogP contribution in [0.4, 0.5) is 5.69 Å². The van der Waals surface area contributed by atoms with Gasteiger partial charge in [0.25, 0.3) is 0 Å². The lowest BCUT2D eigenvalue weighted by Gasteiger charge is -2.38. The first kappa shape index (κ1) is 32.8. The summed E-state index contributed by atoms with van der Waals surface area (Å²) in [6, 6.07) is 7.51. The minimum Gasteiger partial charge on any atom is -0.369 e. The van der Waals surface area contributed by atoms with E-state index < -0.39 is 23.6 Å². The molecule has 4 amide bonds. The summed E-state index contributed by atoms with van der Waals surface area (Å²) in [6.07, 6.45) is 0.542. The second-order valence-electron chi connectivity index (χ2n) is 9.88. The predicted octanol–water partition coefficient (Wildman–Crippen LogP) is -3.32. The molecule has 1 fully saturated rings. The molecule has 10 N–H and O–H groups in total. The highest BCUT2D eigenvalue weighted by atomic mass is 32.1. The number of nitrogens with two attached hydrogens (primary N) is 4. The summed E-state index contributed by atoms with van der Waals surface area (Å²) >= 11 is 5.17. The van der Waals surface area contributed by atoms with Crippen molar-refractivity contribution in [2.45, 2.75) is 12.5 Å². The number of hydrogen-bond donors (Lipinski definition) is 6. The Morgan fingerprint density at radius 2 is 1.20 bits per heavy atom. The number of carbonyl (C=O) groups is 4. The van der Waals surface area contributed by atoms with E-state index in [0.717, 1.165) is 11.3 Å². The first-order valence-corrected chi connectivity index (χ1v) is 13.5. The highest BCUT2D eigenvalue weighted by Crippen LogP contribution is 2.16. The average molecular weight is 579 g/mol. The van der Waals surface area contributed by atoms with Crippen LogP contribution in [0.5, 0.6) is 0 Å². The van der Waals surface area contributed by atoms with Gasteiger partial charge in [0, 0.05) is 64.6 Å². The third-order valence-electron chi connectivity index (χ3n) is 6.56. The zero-order valence-corrected chi connectivity index (χ0v) is 23.8. The van der Waals surface area contributed by atoms with Crippen LogP contribution in [0.2, 0.25) is 0 Å². The monoisotopic (exact) mass is 578 g/mol. The number of benzene rings is 1. The molecule has 15 heteroatoms. The molecule has 0 saturated carbocycles. The van der Waals surface area contributed by atoms with Gasteiger partial charge < -0.3 is 33.6 Å². The van der Waals surface area contributed by atoms with Crippen LogP contribution in [-0.2, 0) is 25.6 Å². The van der Waals surface area contributed by atoms with Crippen LogP contribution in [-0.4, -0.2) is 133 Å². The molecule has 1 saturated heterocycles. The van der Waals surface area contributed by atoms with Crippen molar-refractivity contribution in [2.75, 3.05) is 84.4 Å². The highest BCUT2D eigenvalue weighted by Gasteiger charge is 2.26. The predicted molar refractivity (Wildman–Crippen MR) is 157 cm³/mol. The molecule has 0 aliphatic carbocycles. The lowest BCUT2D eigenvalue weighted by atomic mass is 10.0. The summed E-state index contributed by atoms with van der Waals surface area (Å²) in [6.45, 7) is 3.06. The van der Waals surface area contributed by atoms with E-state index in [-0.39, 0.29) is 32.2 Å². The van der Waals surface area contributed by atoms with E-state index in [1.54, 1.807) is 7.05 Å². The molecule has 0 spiro atoms. The summed E-state index contributed by atoms with van der Waals surface area (Å²) < 4.78 is 0. The Bertz CT molecular complexity index is 1030. The Labute approximate surface area is 240 Å². The lowest BCUT2D eigenvalue weighted by Crippen LogP contribution is -2.54. The molecule has 0 radical (unpaired) electrons. The number of carbonyl (C=O) groups excluding carboxylic acids is 4. The van der Waals surface area contributed by atoms with Crippen LogP contribution in [0.15, 0.2) is 24.3 Å². The SMILES string of the molecule is CNC(=S)Nc1ccc(CC2CN(CC(N)=O)CCN(CC(N)=O)CCN(CC(N)=O)CCN2CC(N)=O)cc1. The molecule has 0 bridgehead atoms. The number of nitrogens with one attached hydrogen (secondary N) is 2. The van der Waals surface area contributed by atoms with E-state index in [1.807, 2.05) is 43.9 Å². The van der Waals surface area contributed by atoms with E-state index in [1.165, 1.54) is 0 Å². The third kappa shape index (κ3) is 12.7. The fraction of sp³-hybridized carbons (Fsp3) is 0.560. The smallest absolute Gasteiger partial charge is 0.231 e. The number of anilines is 1. The topological polar surface area (TPSA) is 209 Å². The lowest BCUT2D eigenvalue weighted by molar-refractivity contribution is -0.122. The Morgan fingerprint density at radius 1 is 0.750 bits per heavy atom. The van der Waals surface area contributed by atoms with Gasteiger partial charge >= 0.3 is 0 Å². The normalized spacial score (nSPS) is 18.7. The first-order valence-electron chi connectivity index (χ1n) is 13.1. The molecule has 1 unspecified atom stereocenters. The number of thiocarbonyl (C=S) groups is 1. The summed E-state index contributed by atoms with van der Waals surface area (Å²) in [7, 11) is 1.73. The van der Waals surface area contributed by atoms with E-state index in [2.05, 4.69) is 10.6 Å². The van der Waals surface area contributed by atoms with Crippen LogP contribution in [0.3, 0.4) is 0 Å². The van der Waals surface area contributed by atoms with Gasteiger partial charge in [-0.05, 0) is 36.3 Å². The van der Waals surface area contributed by atoms with Gasteiger partial charge in [-0.3, -0.25) is 38.8 Å². The van der Waals surface area contributed by atoms with Gasteiger partial charge in [-0.15, -0.1) is 0 Å². The zero-order chi connectivity index (χ0) is 29.7. The molecule has 1 aliphatic heterocycles. The van der Waals surface area contributed by atoms with E-state index in [9.17, 15) is 19.2 Å². The van der Waals surface area contributed by atoms with Crippen molar-refractivity contribution < 1.29 is 19.2 Å². The van der Waals surface area contributed by atoms with Crippen molar-refractivity contribution in [3.8, 4) is 0 Å². The van der Waals surface area contributed by atoms with Crippen LogP contribution in [0, 0.1) is 0 Å². The second kappa shape index (κ2) is 16.7. The minimum atomic E-state index is -0.493. The van der Waals surface area contributed by atoms with Crippen molar-refractivity contribution in [1.29, 1.82) is 0 Å². The van der Waals surface area contributed by atoms with Crippen molar-refractivity contribution >= 4 is 46.6 Å².